The van der Waals surface area contributed by atoms with E-state index < -0.39 is 0 Å². The van der Waals surface area contributed by atoms with Crippen LogP contribution in [-0.2, 0) is 9.59 Å². The van der Waals surface area contributed by atoms with Crippen molar-refractivity contribution in [2.45, 2.75) is 25.7 Å². The standard InChI is InChI=1S/C6H8BNO2/c1-4(9)8-5(7)2-3-6(8)10/h5H,2-3H2,1H3/t5-/m0/s1. The highest BCUT2D eigenvalue weighted by molar-refractivity contribution is 6.17. The Hall–Kier alpha value is -0.795. The van der Waals surface area contributed by atoms with Crippen molar-refractivity contribution in [2.24, 2.45) is 0 Å². The molecule has 52 valence electrons. The van der Waals surface area contributed by atoms with Crippen LogP contribution in [0.2, 0.25) is 0 Å². The number of amides is 2. The Labute approximate surface area is 60.8 Å². The van der Waals surface area contributed by atoms with E-state index in [-0.39, 0.29) is 17.8 Å². The molecule has 1 atom stereocenters. The third-order valence-electron chi connectivity index (χ3n) is 1.59. The average Bonchev–Trinajstić information content (AvgIpc) is 2.11. The van der Waals surface area contributed by atoms with Crippen LogP contribution >= 0.6 is 0 Å². The van der Waals surface area contributed by atoms with Gasteiger partial charge in [0, 0.05) is 19.3 Å². The highest BCUT2D eigenvalue weighted by Crippen LogP contribution is 2.15. The summed E-state index contributed by atoms with van der Waals surface area (Å²) in [5.41, 5.74) is 0. The number of nitrogens with zero attached hydrogens (tertiary/aromatic N) is 1. The zero-order valence-corrected chi connectivity index (χ0v) is 5.83. The summed E-state index contributed by atoms with van der Waals surface area (Å²) in [6.07, 6.45) is 0.999. The maximum Gasteiger partial charge on any atom is 0.228 e. The number of hydrogen-bond donors (Lipinski definition) is 0. The van der Waals surface area contributed by atoms with Gasteiger partial charge in [0.1, 0.15) is 0 Å². The Bertz CT molecular complexity index is 181. The fraction of sp³-hybridized carbons (Fsp3) is 0.667. The molecule has 0 N–H and O–H groups in total. The van der Waals surface area contributed by atoms with E-state index >= 15 is 0 Å². The summed E-state index contributed by atoms with van der Waals surface area (Å²) in [5, 5.41) is 0. The summed E-state index contributed by atoms with van der Waals surface area (Å²) in [4.78, 5) is 22.7. The zero-order valence-electron chi connectivity index (χ0n) is 5.83. The minimum absolute atomic E-state index is 0.153. The van der Waals surface area contributed by atoms with E-state index in [1.165, 1.54) is 6.92 Å². The van der Waals surface area contributed by atoms with E-state index in [0.29, 0.717) is 12.8 Å². The quantitative estimate of drug-likeness (QED) is 0.428. The van der Waals surface area contributed by atoms with Gasteiger partial charge in [0.15, 0.2) is 0 Å². The molecule has 2 amide bonds. The first kappa shape index (κ1) is 7.31. The molecule has 0 aromatic heterocycles. The molecule has 0 aromatic carbocycles. The van der Waals surface area contributed by atoms with Gasteiger partial charge in [-0.05, 0) is 6.42 Å². The van der Waals surface area contributed by atoms with Gasteiger partial charge in [0.25, 0.3) is 0 Å². The second-order valence-electron chi connectivity index (χ2n) is 2.39. The summed E-state index contributed by atoms with van der Waals surface area (Å²) in [6, 6.07) is 0. The van der Waals surface area contributed by atoms with E-state index in [1.807, 2.05) is 0 Å². The summed E-state index contributed by atoms with van der Waals surface area (Å²) in [5.74, 6) is -0.792. The molecule has 4 heteroatoms. The minimum Gasteiger partial charge on any atom is -0.289 e. The van der Waals surface area contributed by atoms with Crippen LogP contribution < -0.4 is 0 Å². The molecular weight excluding hydrogens is 129 g/mol. The van der Waals surface area contributed by atoms with Crippen LogP contribution in [0.5, 0.6) is 0 Å². The van der Waals surface area contributed by atoms with Crippen molar-refractivity contribution in [3.8, 4) is 0 Å². The van der Waals surface area contributed by atoms with E-state index in [4.69, 9.17) is 7.85 Å². The van der Waals surface area contributed by atoms with E-state index in [9.17, 15) is 9.59 Å². The van der Waals surface area contributed by atoms with Crippen molar-refractivity contribution < 1.29 is 9.59 Å². The number of carbonyl (C=O) groups is 2. The molecular formula is C6H8BNO2. The molecule has 0 aliphatic carbocycles. The number of rotatable bonds is 0. The summed E-state index contributed by atoms with van der Waals surface area (Å²) in [7, 11) is 5.45. The van der Waals surface area contributed by atoms with Gasteiger partial charge >= 0.3 is 0 Å². The van der Waals surface area contributed by atoms with Crippen molar-refractivity contribution >= 4 is 19.7 Å². The first-order valence-corrected chi connectivity index (χ1v) is 3.21. The first-order valence-electron chi connectivity index (χ1n) is 3.21. The van der Waals surface area contributed by atoms with E-state index in [1.54, 1.807) is 0 Å². The van der Waals surface area contributed by atoms with Crippen LogP contribution in [0.25, 0.3) is 0 Å². The Morgan fingerprint density at radius 2 is 2.40 bits per heavy atom. The molecule has 1 saturated heterocycles. The third-order valence-corrected chi connectivity index (χ3v) is 1.59. The highest BCUT2D eigenvalue weighted by atomic mass is 16.2. The van der Waals surface area contributed by atoms with Gasteiger partial charge in [-0.15, -0.1) is 0 Å². The Balaban J connectivity index is 2.72. The Kier molecular flexibility index (Phi) is 1.79. The fourth-order valence-electron chi connectivity index (χ4n) is 1.11. The van der Waals surface area contributed by atoms with Gasteiger partial charge in [-0.2, -0.15) is 0 Å². The van der Waals surface area contributed by atoms with Gasteiger partial charge < -0.3 is 0 Å². The number of likely N-dealkylation sites (tertiary alicyclic amines) is 1. The number of hydrogen-bond acceptors (Lipinski definition) is 2. The summed E-state index contributed by atoms with van der Waals surface area (Å²) < 4.78 is 0. The Morgan fingerprint density at radius 1 is 1.80 bits per heavy atom. The van der Waals surface area contributed by atoms with Crippen LogP contribution in [-0.4, -0.2) is 30.5 Å². The van der Waals surface area contributed by atoms with Crippen molar-refractivity contribution in [3.05, 3.63) is 0 Å². The molecule has 1 aliphatic heterocycles. The highest BCUT2D eigenvalue weighted by Gasteiger charge is 2.29. The van der Waals surface area contributed by atoms with Gasteiger partial charge in [0.2, 0.25) is 11.8 Å². The maximum absolute atomic E-state index is 10.9. The van der Waals surface area contributed by atoms with Crippen LogP contribution in [0.3, 0.4) is 0 Å². The number of carbonyl (C=O) groups excluding carboxylic acids is 2. The molecule has 0 saturated carbocycles. The van der Waals surface area contributed by atoms with Crippen LogP contribution in [0.4, 0.5) is 0 Å². The molecule has 1 rings (SSSR count). The lowest BCUT2D eigenvalue weighted by Crippen LogP contribution is -2.37. The minimum atomic E-state index is -0.384. The van der Waals surface area contributed by atoms with Crippen LogP contribution in [0.15, 0.2) is 0 Å². The van der Waals surface area contributed by atoms with Gasteiger partial charge in [-0.25, -0.2) is 0 Å². The van der Waals surface area contributed by atoms with Gasteiger partial charge in [0.05, 0.1) is 7.85 Å². The predicted octanol–water partition coefficient (Wildman–Crippen LogP) is -0.350. The van der Waals surface area contributed by atoms with Crippen molar-refractivity contribution in [3.63, 3.8) is 0 Å². The molecule has 0 aromatic rings. The summed E-state index contributed by atoms with van der Waals surface area (Å²) >= 11 is 0. The topological polar surface area (TPSA) is 37.4 Å². The molecule has 2 radical (unpaired) electrons. The van der Waals surface area contributed by atoms with E-state index in [0.717, 1.165) is 4.90 Å². The predicted molar refractivity (Wildman–Crippen MR) is 36.3 cm³/mol. The third kappa shape index (κ3) is 1.06. The number of imide groups is 1. The van der Waals surface area contributed by atoms with Crippen molar-refractivity contribution in [1.82, 2.24) is 4.90 Å². The second kappa shape index (κ2) is 2.44. The molecule has 3 nitrogen and oxygen atoms in total. The zero-order chi connectivity index (χ0) is 7.72. The average molecular weight is 137 g/mol. The fourth-order valence-corrected chi connectivity index (χ4v) is 1.11. The van der Waals surface area contributed by atoms with E-state index in [2.05, 4.69) is 0 Å². The second-order valence-corrected chi connectivity index (χ2v) is 2.39. The molecule has 0 bridgehead atoms. The van der Waals surface area contributed by atoms with Crippen molar-refractivity contribution in [2.75, 3.05) is 0 Å². The normalized spacial score (nSPS) is 25.5. The lowest BCUT2D eigenvalue weighted by atomic mass is 9.94. The van der Waals surface area contributed by atoms with Crippen LogP contribution in [0, 0.1) is 0 Å². The molecule has 0 spiro atoms. The lowest BCUT2D eigenvalue weighted by Gasteiger charge is -2.16. The van der Waals surface area contributed by atoms with Gasteiger partial charge in [-0.1, -0.05) is 0 Å². The molecule has 1 fully saturated rings. The summed E-state index contributed by atoms with van der Waals surface area (Å²) in [6.45, 7) is 1.35. The smallest absolute Gasteiger partial charge is 0.228 e. The largest absolute Gasteiger partial charge is 0.289 e. The molecule has 1 aliphatic rings. The molecule has 10 heavy (non-hydrogen) atoms. The van der Waals surface area contributed by atoms with Crippen molar-refractivity contribution in [1.29, 1.82) is 0 Å². The lowest BCUT2D eigenvalue weighted by molar-refractivity contribution is -0.141. The monoisotopic (exact) mass is 137 g/mol. The SMILES string of the molecule is [B][C@@H]1CCC(=O)N1C(C)=O. The maximum atomic E-state index is 10.9. The Morgan fingerprint density at radius 3 is 2.60 bits per heavy atom. The van der Waals surface area contributed by atoms with Gasteiger partial charge in [-0.3, -0.25) is 14.5 Å². The molecule has 1 heterocycles. The molecule has 0 unspecified atom stereocenters. The van der Waals surface area contributed by atoms with Crippen LogP contribution in [0.1, 0.15) is 19.8 Å². The first-order chi connectivity index (χ1) is 4.63.